The summed E-state index contributed by atoms with van der Waals surface area (Å²) in [7, 11) is 0. The molecule has 0 aliphatic carbocycles. The van der Waals surface area contributed by atoms with Crippen molar-refractivity contribution < 1.29 is 14.3 Å². The van der Waals surface area contributed by atoms with Crippen molar-refractivity contribution in [3.8, 4) is 5.75 Å². The molecule has 1 aromatic heterocycles. The summed E-state index contributed by atoms with van der Waals surface area (Å²) in [5.41, 5.74) is 2.21. The van der Waals surface area contributed by atoms with Crippen LogP contribution in [0.3, 0.4) is 0 Å². The molecule has 0 radical (unpaired) electrons. The molecule has 7 heteroatoms. The Morgan fingerprint density at radius 2 is 1.83 bits per heavy atom. The van der Waals surface area contributed by atoms with Crippen molar-refractivity contribution in [1.82, 2.24) is 9.78 Å². The third-order valence-electron chi connectivity index (χ3n) is 5.39. The fraction of sp³-hybridized carbons (Fsp3) is 0.261. The van der Waals surface area contributed by atoms with Crippen LogP contribution in [0.5, 0.6) is 5.75 Å². The topological polar surface area (TPSA) is 85.2 Å². The summed E-state index contributed by atoms with van der Waals surface area (Å²) in [4.78, 5) is 25.7. The number of fused-ring (bicyclic) bond motifs is 1. The number of nitrogens with one attached hydrogen (secondary N) is 2. The van der Waals surface area contributed by atoms with E-state index in [1.54, 1.807) is 24.3 Å². The molecule has 30 heavy (non-hydrogen) atoms. The molecule has 0 fully saturated rings. The molecule has 1 aliphatic heterocycles. The monoisotopic (exact) mass is 404 g/mol. The quantitative estimate of drug-likeness (QED) is 0.638. The summed E-state index contributed by atoms with van der Waals surface area (Å²) in [6.45, 7) is 5.90. The Kier molecular flexibility index (Phi) is 5.03. The average Bonchev–Trinajstić information content (AvgIpc) is 3.01. The zero-order chi connectivity index (χ0) is 21.3. The van der Waals surface area contributed by atoms with Crippen LogP contribution < -0.4 is 15.4 Å². The summed E-state index contributed by atoms with van der Waals surface area (Å²) in [6, 6.07) is 17.2. The molecule has 0 saturated heterocycles. The smallest absolute Gasteiger partial charge is 0.278 e. The molecule has 2 aromatic carbocycles. The highest BCUT2D eigenvalue weighted by molar-refractivity contribution is 6.19. The van der Waals surface area contributed by atoms with Gasteiger partial charge in [-0.2, -0.15) is 5.10 Å². The lowest BCUT2D eigenvalue weighted by molar-refractivity contribution is -0.143. The Balaban J connectivity index is 1.52. The highest BCUT2D eigenvalue weighted by atomic mass is 16.5. The van der Waals surface area contributed by atoms with Crippen molar-refractivity contribution in [2.24, 2.45) is 0 Å². The van der Waals surface area contributed by atoms with Gasteiger partial charge in [-0.25, -0.2) is 0 Å². The van der Waals surface area contributed by atoms with Gasteiger partial charge in [0.25, 0.3) is 17.4 Å². The minimum atomic E-state index is -1.68. The highest BCUT2D eigenvalue weighted by Crippen LogP contribution is 2.34. The number of aryl methyl sites for hydroxylation is 3. The number of amides is 2. The van der Waals surface area contributed by atoms with E-state index in [2.05, 4.69) is 27.9 Å². The molecule has 2 heterocycles. The number of hydrogen-bond donors (Lipinski definition) is 2. The first-order valence-electron chi connectivity index (χ1n) is 9.87. The lowest BCUT2D eigenvalue weighted by Gasteiger charge is -2.33. The Bertz CT molecular complexity index is 1110. The van der Waals surface area contributed by atoms with Gasteiger partial charge in [-0.15, -0.1) is 0 Å². The maximum Gasteiger partial charge on any atom is 0.278 e. The first-order valence-corrected chi connectivity index (χ1v) is 9.87. The number of para-hydroxylation sites is 2. The maximum atomic E-state index is 13.1. The number of anilines is 2. The number of aromatic nitrogens is 2. The highest BCUT2D eigenvalue weighted by Gasteiger charge is 2.47. The molecular weight excluding hydrogens is 380 g/mol. The molecule has 0 spiro atoms. The molecule has 2 N–H and O–H groups in total. The van der Waals surface area contributed by atoms with Crippen LogP contribution in [0.1, 0.15) is 23.9 Å². The van der Waals surface area contributed by atoms with Gasteiger partial charge in [0.2, 0.25) is 0 Å². The molecule has 7 nitrogen and oxygen atoms in total. The molecule has 154 valence electrons. The van der Waals surface area contributed by atoms with Crippen LogP contribution in [0.2, 0.25) is 0 Å². The van der Waals surface area contributed by atoms with E-state index >= 15 is 0 Å². The van der Waals surface area contributed by atoms with Gasteiger partial charge in [-0.1, -0.05) is 42.5 Å². The molecular formula is C23H24N4O3. The SMILES string of the molecule is Cc1nn(CCc2ccccc2)c(C)c1NC(=O)[C@@]1(C)Oc2ccccc2NC1=O. The number of ether oxygens (including phenoxy) is 1. The van der Waals surface area contributed by atoms with Crippen LogP contribution in [0, 0.1) is 13.8 Å². The van der Waals surface area contributed by atoms with E-state index < -0.39 is 17.4 Å². The Morgan fingerprint density at radius 1 is 1.13 bits per heavy atom. The first kappa shape index (κ1) is 19.7. The minimum absolute atomic E-state index is 0.460. The summed E-state index contributed by atoms with van der Waals surface area (Å²) >= 11 is 0. The van der Waals surface area contributed by atoms with Crippen LogP contribution in [0.25, 0.3) is 0 Å². The fourth-order valence-electron chi connectivity index (χ4n) is 3.52. The number of hydrogen-bond acceptors (Lipinski definition) is 4. The van der Waals surface area contributed by atoms with E-state index in [1.165, 1.54) is 12.5 Å². The van der Waals surface area contributed by atoms with Gasteiger partial charge in [-0.05, 0) is 44.9 Å². The van der Waals surface area contributed by atoms with Crippen molar-refractivity contribution in [3.63, 3.8) is 0 Å². The van der Waals surface area contributed by atoms with E-state index in [0.717, 1.165) is 12.1 Å². The molecule has 3 aromatic rings. The summed E-state index contributed by atoms with van der Waals surface area (Å²) in [6.07, 6.45) is 0.830. The lowest BCUT2D eigenvalue weighted by atomic mass is 10.0. The zero-order valence-corrected chi connectivity index (χ0v) is 17.2. The summed E-state index contributed by atoms with van der Waals surface area (Å²) < 4.78 is 7.68. The second-order valence-corrected chi connectivity index (χ2v) is 7.54. The predicted molar refractivity (Wildman–Crippen MR) is 115 cm³/mol. The van der Waals surface area contributed by atoms with Crippen LogP contribution >= 0.6 is 0 Å². The van der Waals surface area contributed by atoms with Gasteiger partial charge < -0.3 is 15.4 Å². The Morgan fingerprint density at radius 3 is 2.60 bits per heavy atom. The third-order valence-corrected chi connectivity index (χ3v) is 5.39. The lowest BCUT2D eigenvalue weighted by Crippen LogP contribution is -2.56. The van der Waals surface area contributed by atoms with Gasteiger partial charge in [0, 0.05) is 6.54 Å². The number of rotatable bonds is 5. The molecule has 0 unspecified atom stereocenters. The largest absolute Gasteiger partial charge is 0.466 e. The molecule has 2 amide bonds. The number of carbonyl (C=O) groups excluding carboxylic acids is 2. The van der Waals surface area contributed by atoms with E-state index in [9.17, 15) is 9.59 Å². The summed E-state index contributed by atoms with van der Waals surface area (Å²) in [5, 5.41) is 10.2. The van der Waals surface area contributed by atoms with E-state index in [0.29, 0.717) is 29.4 Å². The van der Waals surface area contributed by atoms with Crippen molar-refractivity contribution in [2.75, 3.05) is 10.6 Å². The number of carbonyl (C=O) groups is 2. The molecule has 1 atom stereocenters. The van der Waals surface area contributed by atoms with Gasteiger partial charge in [0.15, 0.2) is 0 Å². The second kappa shape index (κ2) is 7.67. The predicted octanol–water partition coefficient (Wildman–Crippen LogP) is 3.47. The first-order chi connectivity index (χ1) is 14.4. The van der Waals surface area contributed by atoms with Gasteiger partial charge in [0.05, 0.1) is 22.8 Å². The Hall–Kier alpha value is -3.61. The van der Waals surface area contributed by atoms with E-state index in [4.69, 9.17) is 4.74 Å². The van der Waals surface area contributed by atoms with Crippen LogP contribution in [-0.4, -0.2) is 27.2 Å². The van der Waals surface area contributed by atoms with Gasteiger partial charge in [0.1, 0.15) is 5.75 Å². The van der Waals surface area contributed by atoms with Gasteiger partial charge in [-0.3, -0.25) is 14.3 Å². The van der Waals surface area contributed by atoms with Crippen LogP contribution in [0.4, 0.5) is 11.4 Å². The number of nitrogens with zero attached hydrogens (tertiary/aromatic N) is 2. The van der Waals surface area contributed by atoms with Gasteiger partial charge >= 0.3 is 0 Å². The standard InChI is InChI=1S/C23H24N4O3/c1-15-20(16(2)27(26-15)14-13-17-9-5-4-6-10-17)25-22(29)23(3)21(28)24-18-11-7-8-12-19(18)30-23/h4-12H,13-14H2,1-3H3,(H,24,28)(H,25,29)/t23-/m0/s1. The van der Waals surface area contributed by atoms with Crippen molar-refractivity contribution >= 4 is 23.2 Å². The Labute approximate surface area is 175 Å². The zero-order valence-electron chi connectivity index (χ0n) is 17.2. The fourth-order valence-corrected chi connectivity index (χ4v) is 3.52. The van der Waals surface area contributed by atoms with Crippen LogP contribution in [0.15, 0.2) is 54.6 Å². The van der Waals surface area contributed by atoms with Crippen LogP contribution in [-0.2, 0) is 22.6 Å². The molecule has 4 rings (SSSR count). The summed E-state index contributed by atoms with van der Waals surface area (Å²) in [5.74, 6) is -0.587. The minimum Gasteiger partial charge on any atom is -0.466 e. The third kappa shape index (κ3) is 3.54. The number of benzene rings is 2. The molecule has 1 aliphatic rings. The molecule has 0 saturated carbocycles. The second-order valence-electron chi connectivity index (χ2n) is 7.54. The molecule has 0 bridgehead atoms. The van der Waals surface area contributed by atoms with Crippen molar-refractivity contribution in [1.29, 1.82) is 0 Å². The van der Waals surface area contributed by atoms with E-state index in [-0.39, 0.29) is 0 Å². The van der Waals surface area contributed by atoms with Crippen molar-refractivity contribution in [3.05, 3.63) is 71.5 Å². The van der Waals surface area contributed by atoms with Crippen molar-refractivity contribution in [2.45, 2.75) is 39.3 Å². The average molecular weight is 404 g/mol. The maximum absolute atomic E-state index is 13.1. The normalized spacial score (nSPS) is 17.6. The van der Waals surface area contributed by atoms with E-state index in [1.807, 2.05) is 36.7 Å².